The molecule has 0 aromatic heterocycles. The van der Waals surface area contributed by atoms with Crippen molar-refractivity contribution in [2.24, 2.45) is 5.10 Å². The SMILES string of the molecule is CN(Cc1cccc(C=NNC(=O)c2ccc(N(C)C)cc2)c1)NC(=O)c1ccc(N(C)C)cc1. The topological polar surface area (TPSA) is 80.3 Å². The second-order valence-corrected chi connectivity index (χ2v) is 8.62. The molecule has 0 aliphatic carbocycles. The average Bonchev–Trinajstić information content (AvgIpc) is 2.84. The Morgan fingerprint density at radius 3 is 1.86 bits per heavy atom. The summed E-state index contributed by atoms with van der Waals surface area (Å²) < 4.78 is 0. The summed E-state index contributed by atoms with van der Waals surface area (Å²) in [5, 5.41) is 5.82. The molecule has 3 aromatic carbocycles. The van der Waals surface area contributed by atoms with E-state index in [1.54, 1.807) is 35.5 Å². The van der Waals surface area contributed by atoms with Crippen LogP contribution in [0.15, 0.2) is 77.9 Å². The fourth-order valence-electron chi connectivity index (χ4n) is 3.37. The smallest absolute Gasteiger partial charge is 0.271 e. The quantitative estimate of drug-likeness (QED) is 0.369. The number of carbonyl (C=O) groups excluding carboxylic acids is 2. The Morgan fingerprint density at radius 1 is 0.771 bits per heavy atom. The van der Waals surface area contributed by atoms with E-state index in [2.05, 4.69) is 16.0 Å². The molecule has 0 saturated carbocycles. The molecule has 35 heavy (non-hydrogen) atoms. The lowest BCUT2D eigenvalue weighted by molar-refractivity contribution is 0.0819. The number of nitrogens with zero attached hydrogens (tertiary/aromatic N) is 4. The number of amides is 2. The van der Waals surface area contributed by atoms with E-state index in [0.29, 0.717) is 17.7 Å². The molecule has 0 aliphatic heterocycles. The first-order chi connectivity index (χ1) is 16.7. The van der Waals surface area contributed by atoms with Crippen LogP contribution >= 0.6 is 0 Å². The minimum absolute atomic E-state index is 0.170. The summed E-state index contributed by atoms with van der Waals surface area (Å²) in [5.74, 6) is -0.444. The highest BCUT2D eigenvalue weighted by Gasteiger charge is 2.09. The van der Waals surface area contributed by atoms with Gasteiger partial charge in [0.1, 0.15) is 0 Å². The largest absolute Gasteiger partial charge is 0.378 e. The summed E-state index contributed by atoms with van der Waals surface area (Å²) >= 11 is 0. The lowest BCUT2D eigenvalue weighted by Gasteiger charge is -2.19. The van der Waals surface area contributed by atoms with Crippen molar-refractivity contribution in [3.8, 4) is 0 Å². The molecule has 0 aliphatic rings. The molecule has 0 fully saturated rings. The van der Waals surface area contributed by atoms with E-state index in [1.165, 1.54) is 0 Å². The minimum atomic E-state index is -0.274. The lowest BCUT2D eigenvalue weighted by atomic mass is 10.1. The molecule has 0 spiro atoms. The summed E-state index contributed by atoms with van der Waals surface area (Å²) in [6.07, 6.45) is 1.60. The van der Waals surface area contributed by atoms with Crippen molar-refractivity contribution in [1.82, 2.24) is 15.9 Å². The molecule has 2 N–H and O–H groups in total. The van der Waals surface area contributed by atoms with E-state index < -0.39 is 0 Å². The molecule has 182 valence electrons. The molecule has 0 saturated heterocycles. The van der Waals surface area contributed by atoms with Crippen LogP contribution in [0.1, 0.15) is 31.8 Å². The van der Waals surface area contributed by atoms with Gasteiger partial charge >= 0.3 is 0 Å². The molecule has 3 aromatic rings. The molecule has 2 amide bonds. The standard InChI is InChI=1S/C27H32N6O2/c1-31(2)24-13-9-22(10-14-24)26(34)29-28-18-20-7-6-8-21(17-20)19-33(5)30-27(35)23-11-15-25(16-12-23)32(3)4/h6-18H,19H2,1-5H3,(H,29,34)(H,30,35). The van der Waals surface area contributed by atoms with Crippen LogP contribution in [0.4, 0.5) is 11.4 Å². The molecule has 3 rings (SSSR count). The van der Waals surface area contributed by atoms with E-state index in [9.17, 15) is 9.59 Å². The average molecular weight is 473 g/mol. The number of nitrogens with one attached hydrogen (secondary N) is 2. The predicted molar refractivity (Wildman–Crippen MR) is 142 cm³/mol. The van der Waals surface area contributed by atoms with Gasteiger partial charge in [-0.3, -0.25) is 15.0 Å². The Hall–Kier alpha value is -4.17. The van der Waals surface area contributed by atoms with Crippen LogP contribution in [0.2, 0.25) is 0 Å². The summed E-state index contributed by atoms with van der Waals surface area (Å²) in [4.78, 5) is 28.8. The number of hydrazine groups is 1. The molecular weight excluding hydrogens is 440 g/mol. The molecular formula is C27H32N6O2. The second-order valence-electron chi connectivity index (χ2n) is 8.62. The van der Waals surface area contributed by atoms with Gasteiger partial charge in [-0.2, -0.15) is 5.10 Å². The Kier molecular flexibility index (Phi) is 8.58. The van der Waals surface area contributed by atoms with Gasteiger partial charge in [-0.15, -0.1) is 0 Å². The Bertz CT molecular complexity index is 1170. The third kappa shape index (κ3) is 7.41. The maximum absolute atomic E-state index is 12.5. The first kappa shape index (κ1) is 25.5. The lowest BCUT2D eigenvalue weighted by Crippen LogP contribution is -2.38. The zero-order chi connectivity index (χ0) is 25.4. The number of carbonyl (C=O) groups is 2. The van der Waals surface area contributed by atoms with E-state index in [0.717, 1.165) is 22.5 Å². The van der Waals surface area contributed by atoms with Gasteiger partial charge in [0.15, 0.2) is 0 Å². The Labute approximate surface area is 206 Å². The van der Waals surface area contributed by atoms with Crippen molar-refractivity contribution in [2.75, 3.05) is 45.0 Å². The van der Waals surface area contributed by atoms with Crippen LogP contribution in [0, 0.1) is 0 Å². The Balaban J connectivity index is 1.53. The number of hydrazone groups is 1. The first-order valence-electron chi connectivity index (χ1n) is 11.2. The third-order valence-corrected chi connectivity index (χ3v) is 5.33. The van der Waals surface area contributed by atoms with E-state index >= 15 is 0 Å². The van der Waals surface area contributed by atoms with Gasteiger partial charge in [-0.1, -0.05) is 18.2 Å². The van der Waals surface area contributed by atoms with Gasteiger partial charge in [0, 0.05) is 64.3 Å². The van der Waals surface area contributed by atoms with Crippen LogP contribution in [0.5, 0.6) is 0 Å². The minimum Gasteiger partial charge on any atom is -0.378 e. The van der Waals surface area contributed by atoms with Gasteiger partial charge in [0.05, 0.1) is 6.21 Å². The molecule has 8 heteroatoms. The molecule has 0 radical (unpaired) electrons. The van der Waals surface area contributed by atoms with Crippen molar-refractivity contribution in [3.63, 3.8) is 0 Å². The normalized spacial score (nSPS) is 10.9. The number of hydrogen-bond acceptors (Lipinski definition) is 6. The summed E-state index contributed by atoms with van der Waals surface area (Å²) in [6.45, 7) is 0.508. The monoisotopic (exact) mass is 472 g/mol. The highest BCUT2D eigenvalue weighted by molar-refractivity contribution is 5.95. The second kappa shape index (κ2) is 11.8. The van der Waals surface area contributed by atoms with Crippen molar-refractivity contribution in [1.29, 1.82) is 0 Å². The van der Waals surface area contributed by atoms with Gasteiger partial charge in [-0.25, -0.2) is 10.4 Å². The maximum Gasteiger partial charge on any atom is 0.271 e. The van der Waals surface area contributed by atoms with Crippen molar-refractivity contribution in [2.45, 2.75) is 6.54 Å². The van der Waals surface area contributed by atoms with Crippen molar-refractivity contribution >= 4 is 29.4 Å². The van der Waals surface area contributed by atoms with Crippen LogP contribution in [-0.2, 0) is 6.54 Å². The zero-order valence-corrected chi connectivity index (χ0v) is 20.8. The van der Waals surface area contributed by atoms with Gasteiger partial charge in [-0.05, 0) is 65.7 Å². The van der Waals surface area contributed by atoms with Crippen LogP contribution in [0.25, 0.3) is 0 Å². The maximum atomic E-state index is 12.5. The fourth-order valence-corrected chi connectivity index (χ4v) is 3.37. The predicted octanol–water partition coefficient (Wildman–Crippen LogP) is 3.36. The third-order valence-electron chi connectivity index (χ3n) is 5.33. The van der Waals surface area contributed by atoms with Gasteiger partial charge in [0.2, 0.25) is 0 Å². The van der Waals surface area contributed by atoms with E-state index in [4.69, 9.17) is 0 Å². The van der Waals surface area contributed by atoms with E-state index in [1.807, 2.05) is 93.6 Å². The van der Waals surface area contributed by atoms with Crippen molar-refractivity contribution < 1.29 is 9.59 Å². The molecule has 0 heterocycles. The summed E-state index contributed by atoms with van der Waals surface area (Å²) in [5.41, 5.74) is 10.5. The number of benzene rings is 3. The van der Waals surface area contributed by atoms with Crippen LogP contribution in [-0.4, -0.2) is 58.3 Å². The van der Waals surface area contributed by atoms with E-state index in [-0.39, 0.29) is 11.8 Å². The zero-order valence-electron chi connectivity index (χ0n) is 20.8. The Morgan fingerprint density at radius 2 is 1.31 bits per heavy atom. The molecule has 0 bridgehead atoms. The number of hydrogen-bond donors (Lipinski definition) is 2. The molecule has 0 unspecified atom stereocenters. The van der Waals surface area contributed by atoms with Gasteiger partial charge < -0.3 is 9.80 Å². The van der Waals surface area contributed by atoms with Crippen LogP contribution < -0.4 is 20.7 Å². The highest BCUT2D eigenvalue weighted by Crippen LogP contribution is 2.13. The first-order valence-corrected chi connectivity index (χ1v) is 11.2. The number of anilines is 2. The molecule has 8 nitrogen and oxygen atoms in total. The van der Waals surface area contributed by atoms with Crippen molar-refractivity contribution in [3.05, 3.63) is 95.1 Å². The molecule has 0 atom stereocenters. The summed E-state index contributed by atoms with van der Waals surface area (Å²) in [6, 6.07) is 22.5. The number of rotatable bonds is 9. The van der Waals surface area contributed by atoms with Gasteiger partial charge in [0.25, 0.3) is 11.8 Å². The summed E-state index contributed by atoms with van der Waals surface area (Å²) in [7, 11) is 9.63. The fraction of sp³-hybridized carbons (Fsp3) is 0.222. The highest BCUT2D eigenvalue weighted by atomic mass is 16.2. The van der Waals surface area contributed by atoms with Crippen LogP contribution in [0.3, 0.4) is 0 Å².